The quantitative estimate of drug-likeness (QED) is 0.279. The lowest BCUT2D eigenvalue weighted by molar-refractivity contribution is 0.127. The Kier molecular flexibility index (Phi) is 8.94. The summed E-state index contributed by atoms with van der Waals surface area (Å²) in [7, 11) is 0. The van der Waals surface area contributed by atoms with Crippen LogP contribution < -0.4 is 4.74 Å². The molecule has 1 heteroatoms. The highest BCUT2D eigenvalue weighted by Crippen LogP contribution is 2.37. The average molecular weight is 483 g/mol. The van der Waals surface area contributed by atoms with E-state index in [4.69, 9.17) is 4.74 Å². The molecule has 4 rings (SSSR count). The van der Waals surface area contributed by atoms with Crippen LogP contribution in [-0.2, 0) is 6.42 Å². The molecule has 0 radical (unpaired) electrons. The van der Waals surface area contributed by atoms with Crippen LogP contribution in [0.25, 0.3) is 22.3 Å². The van der Waals surface area contributed by atoms with Crippen LogP contribution in [0, 0.1) is 11.3 Å². The summed E-state index contributed by atoms with van der Waals surface area (Å²) in [5, 5.41) is 0. The highest BCUT2D eigenvalue weighted by molar-refractivity contribution is 5.71. The van der Waals surface area contributed by atoms with Gasteiger partial charge in [-0.25, -0.2) is 0 Å². The van der Waals surface area contributed by atoms with Crippen molar-refractivity contribution < 1.29 is 4.74 Å². The zero-order valence-corrected chi connectivity index (χ0v) is 23.3. The summed E-state index contributed by atoms with van der Waals surface area (Å²) in [5.41, 5.74) is 8.21. The van der Waals surface area contributed by atoms with Crippen LogP contribution >= 0.6 is 0 Å². The van der Waals surface area contributed by atoms with Crippen LogP contribution in [0.1, 0.15) is 96.6 Å². The molecule has 0 aliphatic heterocycles. The number of rotatable bonds is 10. The molecular weight excluding hydrogens is 436 g/mol. The third-order valence-electron chi connectivity index (χ3n) is 9.17. The van der Waals surface area contributed by atoms with Gasteiger partial charge in [0, 0.05) is 5.41 Å². The Balaban J connectivity index is 1.45. The molecule has 0 bridgehead atoms. The maximum Gasteiger partial charge on any atom is 0.122 e. The Hall–Kier alpha value is -2.54. The topological polar surface area (TPSA) is 9.23 Å². The van der Waals surface area contributed by atoms with E-state index in [1.807, 2.05) is 0 Å². The van der Waals surface area contributed by atoms with Gasteiger partial charge in [-0.3, -0.25) is 0 Å². The number of benzene rings is 3. The minimum Gasteiger partial charge on any atom is -0.493 e. The summed E-state index contributed by atoms with van der Waals surface area (Å²) in [5.74, 6) is 2.70. The maximum atomic E-state index is 6.39. The van der Waals surface area contributed by atoms with E-state index in [2.05, 4.69) is 101 Å². The highest BCUT2D eigenvalue weighted by atomic mass is 16.5. The molecule has 36 heavy (non-hydrogen) atoms. The van der Waals surface area contributed by atoms with Gasteiger partial charge in [0.2, 0.25) is 0 Å². The van der Waals surface area contributed by atoms with Crippen molar-refractivity contribution in [2.75, 3.05) is 6.61 Å². The van der Waals surface area contributed by atoms with E-state index >= 15 is 0 Å². The first-order chi connectivity index (χ1) is 17.5. The Morgan fingerprint density at radius 2 is 1.17 bits per heavy atom. The van der Waals surface area contributed by atoms with Gasteiger partial charge >= 0.3 is 0 Å². The van der Waals surface area contributed by atoms with Crippen LogP contribution in [0.2, 0.25) is 0 Å². The molecule has 1 fully saturated rings. The van der Waals surface area contributed by atoms with Gasteiger partial charge in [0.05, 0.1) is 6.61 Å². The summed E-state index contributed by atoms with van der Waals surface area (Å²) in [6.07, 6.45) is 9.89. The van der Waals surface area contributed by atoms with E-state index in [1.54, 1.807) is 0 Å². The molecule has 1 aliphatic carbocycles. The second-order valence-corrected chi connectivity index (χ2v) is 11.2. The van der Waals surface area contributed by atoms with Gasteiger partial charge in [-0.05, 0) is 95.9 Å². The first-order valence-corrected chi connectivity index (χ1v) is 14.5. The van der Waals surface area contributed by atoms with Crippen molar-refractivity contribution in [2.45, 2.75) is 91.9 Å². The van der Waals surface area contributed by atoms with Crippen molar-refractivity contribution in [1.82, 2.24) is 0 Å². The maximum absolute atomic E-state index is 6.39. The second kappa shape index (κ2) is 12.1. The zero-order valence-electron chi connectivity index (χ0n) is 23.3. The largest absolute Gasteiger partial charge is 0.493 e. The minimum atomic E-state index is 0.284. The first-order valence-electron chi connectivity index (χ1n) is 14.5. The van der Waals surface area contributed by atoms with Crippen LogP contribution in [0.15, 0.2) is 66.7 Å². The molecule has 0 spiro atoms. The third-order valence-corrected chi connectivity index (χ3v) is 9.17. The molecule has 0 N–H and O–H groups in total. The summed E-state index contributed by atoms with van der Waals surface area (Å²) in [4.78, 5) is 0. The fourth-order valence-corrected chi connectivity index (χ4v) is 5.86. The molecule has 0 unspecified atom stereocenters. The van der Waals surface area contributed by atoms with Gasteiger partial charge in [0.1, 0.15) is 5.75 Å². The van der Waals surface area contributed by atoms with Crippen molar-refractivity contribution in [3.8, 4) is 28.0 Å². The van der Waals surface area contributed by atoms with Gasteiger partial charge in [0.15, 0.2) is 0 Å². The molecular formula is C35H46O. The lowest BCUT2D eigenvalue weighted by atomic mass is 9.79. The van der Waals surface area contributed by atoms with Gasteiger partial charge < -0.3 is 4.74 Å². The molecule has 3 aromatic carbocycles. The van der Waals surface area contributed by atoms with Crippen molar-refractivity contribution in [2.24, 2.45) is 11.3 Å². The molecule has 3 aromatic rings. The molecule has 1 nitrogen and oxygen atoms in total. The van der Waals surface area contributed by atoms with Crippen molar-refractivity contribution in [3.05, 3.63) is 77.9 Å². The summed E-state index contributed by atoms with van der Waals surface area (Å²) in [6, 6.07) is 25.1. The Labute approximate surface area is 220 Å². The van der Waals surface area contributed by atoms with Crippen LogP contribution in [-0.4, -0.2) is 6.61 Å². The van der Waals surface area contributed by atoms with Crippen molar-refractivity contribution in [3.63, 3.8) is 0 Å². The predicted molar refractivity (Wildman–Crippen MR) is 156 cm³/mol. The number of hydrogen-bond donors (Lipinski definition) is 0. The molecule has 0 saturated heterocycles. The van der Waals surface area contributed by atoms with E-state index in [1.165, 1.54) is 59.1 Å². The lowest BCUT2D eigenvalue weighted by Crippen LogP contribution is -2.26. The van der Waals surface area contributed by atoms with Crippen molar-refractivity contribution in [1.29, 1.82) is 0 Å². The zero-order chi connectivity index (χ0) is 25.5. The van der Waals surface area contributed by atoms with Gasteiger partial charge in [-0.1, -0.05) is 102 Å². The van der Waals surface area contributed by atoms with E-state index in [-0.39, 0.29) is 5.41 Å². The predicted octanol–water partition coefficient (Wildman–Crippen LogP) is 10.5. The summed E-state index contributed by atoms with van der Waals surface area (Å²) < 4.78 is 6.39. The second-order valence-electron chi connectivity index (χ2n) is 11.2. The summed E-state index contributed by atoms with van der Waals surface area (Å²) >= 11 is 0. The minimum absolute atomic E-state index is 0.284. The highest BCUT2D eigenvalue weighted by Gasteiger charge is 2.25. The summed E-state index contributed by atoms with van der Waals surface area (Å²) in [6.45, 7) is 12.3. The van der Waals surface area contributed by atoms with Gasteiger partial charge in [-0.15, -0.1) is 0 Å². The van der Waals surface area contributed by atoms with E-state index in [0.29, 0.717) is 0 Å². The van der Waals surface area contributed by atoms with Crippen molar-refractivity contribution >= 4 is 0 Å². The number of aryl methyl sites for hydroxylation is 1. The van der Waals surface area contributed by atoms with Crippen LogP contribution in [0.5, 0.6) is 5.75 Å². The van der Waals surface area contributed by atoms with Gasteiger partial charge in [0.25, 0.3) is 0 Å². The fourth-order valence-electron chi connectivity index (χ4n) is 5.86. The first kappa shape index (κ1) is 26.5. The molecule has 0 heterocycles. The normalized spacial score (nSPS) is 18.2. The molecule has 0 amide bonds. The molecule has 1 saturated carbocycles. The van der Waals surface area contributed by atoms with Gasteiger partial charge in [-0.2, -0.15) is 0 Å². The van der Waals surface area contributed by atoms with E-state index in [9.17, 15) is 0 Å². The van der Waals surface area contributed by atoms with E-state index in [0.717, 1.165) is 49.9 Å². The molecule has 1 aliphatic rings. The number of ether oxygens (including phenoxy) is 1. The Morgan fingerprint density at radius 1 is 0.667 bits per heavy atom. The third kappa shape index (κ3) is 6.05. The Bertz CT molecular complexity index is 1070. The van der Waals surface area contributed by atoms with Crippen LogP contribution in [0.3, 0.4) is 0 Å². The Morgan fingerprint density at radius 3 is 1.69 bits per heavy atom. The smallest absolute Gasteiger partial charge is 0.122 e. The van der Waals surface area contributed by atoms with E-state index < -0.39 is 0 Å². The number of hydrogen-bond acceptors (Lipinski definition) is 1. The van der Waals surface area contributed by atoms with Crippen LogP contribution in [0.4, 0.5) is 0 Å². The molecule has 0 aromatic heterocycles. The molecule has 192 valence electrons. The molecule has 0 atom stereocenters. The lowest BCUT2D eigenvalue weighted by Gasteiger charge is -2.30. The average Bonchev–Trinajstić information content (AvgIpc) is 2.95. The monoisotopic (exact) mass is 482 g/mol. The SMILES string of the molecule is CCc1cc(-c2ccc(-c3ccc(C4CCC(C)CC4)cc3)cc2)ccc1OCC(CC)(CC)CC. The fraction of sp³-hybridized carbons (Fsp3) is 0.486. The standard InChI is InChI=1S/C35H46O/c1-6-27-24-33(22-23-34(27)36-25-35(7-2,8-3)9-4)32-20-18-31(19-21-32)30-16-14-29(15-17-30)28-12-10-26(5)11-13-28/h14-24,26,28H,6-13,25H2,1-5H3.